The molecule has 2 heterocycles. The number of hydrogen-bond donors (Lipinski definition) is 1. The first-order chi connectivity index (χ1) is 12.8. The Morgan fingerprint density at radius 3 is 2.48 bits per heavy atom. The molecule has 27 heavy (non-hydrogen) atoms. The highest BCUT2D eigenvalue weighted by atomic mass is 35.5. The third-order valence-electron chi connectivity index (χ3n) is 4.74. The number of benzene rings is 1. The van der Waals surface area contributed by atoms with Gasteiger partial charge in [-0.15, -0.1) is 0 Å². The Bertz CT molecular complexity index is 867. The molecule has 4 nitrogen and oxygen atoms in total. The zero-order chi connectivity index (χ0) is 19.6. The molecule has 1 aliphatic heterocycles. The summed E-state index contributed by atoms with van der Waals surface area (Å²) in [7, 11) is 1.55. The van der Waals surface area contributed by atoms with Crippen LogP contribution >= 0.6 is 11.6 Å². The zero-order valence-corrected chi connectivity index (χ0v) is 16.9. The number of amides is 1. The Hall–Kier alpha value is -2.33. The molecular weight excluding hydrogens is 360 g/mol. The molecule has 1 amide bonds. The van der Waals surface area contributed by atoms with E-state index in [-0.39, 0.29) is 17.4 Å². The van der Waals surface area contributed by atoms with E-state index in [1.54, 1.807) is 13.2 Å². The maximum Gasteiger partial charge on any atom is 0.232 e. The number of ether oxygens (including phenoxy) is 1. The number of methoxy groups -OCH3 is 1. The van der Waals surface area contributed by atoms with Crippen LogP contribution < -0.4 is 10.1 Å². The van der Waals surface area contributed by atoms with Crippen molar-refractivity contribution in [1.82, 2.24) is 10.3 Å². The van der Waals surface area contributed by atoms with E-state index in [4.69, 9.17) is 16.3 Å². The average Bonchev–Trinajstić information content (AvgIpc) is 3.05. The quantitative estimate of drug-likeness (QED) is 0.827. The van der Waals surface area contributed by atoms with E-state index >= 15 is 0 Å². The van der Waals surface area contributed by atoms with Gasteiger partial charge in [0.05, 0.1) is 12.8 Å². The van der Waals surface area contributed by atoms with Crippen molar-refractivity contribution in [3.8, 4) is 5.88 Å². The molecule has 1 aromatic carbocycles. The van der Waals surface area contributed by atoms with Crippen molar-refractivity contribution in [1.29, 1.82) is 0 Å². The minimum absolute atomic E-state index is 0.00161. The maximum atomic E-state index is 11.6. The topological polar surface area (TPSA) is 51.2 Å². The van der Waals surface area contributed by atoms with Gasteiger partial charge in [-0.05, 0) is 35.1 Å². The fourth-order valence-electron chi connectivity index (χ4n) is 3.16. The molecule has 5 heteroatoms. The lowest BCUT2D eigenvalue weighted by molar-refractivity contribution is -0.119. The molecule has 1 aliphatic rings. The second-order valence-electron chi connectivity index (χ2n) is 7.81. The lowest BCUT2D eigenvalue weighted by Gasteiger charge is -2.20. The highest BCUT2D eigenvalue weighted by molar-refractivity contribution is 6.31. The van der Waals surface area contributed by atoms with Crippen molar-refractivity contribution in [2.75, 3.05) is 7.11 Å². The molecule has 1 fully saturated rings. The summed E-state index contributed by atoms with van der Waals surface area (Å²) in [5.74, 6) is 0.474. The van der Waals surface area contributed by atoms with Gasteiger partial charge in [-0.25, -0.2) is 4.98 Å². The molecule has 1 unspecified atom stereocenters. The summed E-state index contributed by atoms with van der Waals surface area (Å²) < 4.78 is 5.28. The Morgan fingerprint density at radius 1 is 1.22 bits per heavy atom. The summed E-state index contributed by atoms with van der Waals surface area (Å²) in [5.41, 5.74) is 4.12. The molecule has 142 valence electrons. The third-order valence-corrected chi connectivity index (χ3v) is 5.03. The molecule has 0 bridgehead atoms. The first kappa shape index (κ1) is 19.4. The normalized spacial score (nSPS) is 17.7. The number of aromatic nitrogens is 1. The fourth-order valence-corrected chi connectivity index (χ4v) is 3.34. The number of halogens is 1. The van der Waals surface area contributed by atoms with E-state index in [0.29, 0.717) is 17.3 Å². The molecule has 1 saturated heterocycles. The van der Waals surface area contributed by atoms with E-state index < -0.39 is 0 Å². The van der Waals surface area contributed by atoms with Gasteiger partial charge >= 0.3 is 0 Å². The Morgan fingerprint density at radius 2 is 1.93 bits per heavy atom. The van der Waals surface area contributed by atoms with Crippen molar-refractivity contribution >= 4 is 23.1 Å². The molecule has 0 spiro atoms. The van der Waals surface area contributed by atoms with Gasteiger partial charge in [0.15, 0.2) is 0 Å². The predicted molar refractivity (Wildman–Crippen MR) is 109 cm³/mol. The third kappa shape index (κ3) is 4.51. The Kier molecular flexibility index (Phi) is 5.56. The molecule has 0 aliphatic carbocycles. The van der Waals surface area contributed by atoms with Gasteiger partial charge in [0.25, 0.3) is 0 Å². The molecule has 2 aromatic rings. The van der Waals surface area contributed by atoms with Crippen LogP contribution in [0.15, 0.2) is 42.5 Å². The van der Waals surface area contributed by atoms with Crippen molar-refractivity contribution in [2.24, 2.45) is 0 Å². The van der Waals surface area contributed by atoms with Crippen LogP contribution in [0, 0.1) is 0 Å². The minimum atomic E-state index is -0.00161. The summed E-state index contributed by atoms with van der Waals surface area (Å²) in [6, 6.07) is 12.2. The number of pyridine rings is 1. The van der Waals surface area contributed by atoms with E-state index in [1.807, 2.05) is 6.07 Å². The van der Waals surface area contributed by atoms with Crippen LogP contribution in [0.4, 0.5) is 0 Å². The van der Waals surface area contributed by atoms with E-state index in [2.05, 4.69) is 61.4 Å². The second kappa shape index (κ2) is 7.73. The van der Waals surface area contributed by atoms with Crippen LogP contribution in [0.3, 0.4) is 0 Å². The van der Waals surface area contributed by atoms with Crippen molar-refractivity contribution < 1.29 is 9.53 Å². The van der Waals surface area contributed by atoms with Crippen molar-refractivity contribution in [2.45, 2.75) is 45.1 Å². The molecule has 0 saturated carbocycles. The molecule has 1 atom stereocenters. The van der Waals surface area contributed by atoms with Gasteiger partial charge in [0.1, 0.15) is 5.02 Å². The molecule has 3 rings (SSSR count). The van der Waals surface area contributed by atoms with E-state index in [0.717, 1.165) is 23.3 Å². The highest BCUT2D eigenvalue weighted by Gasteiger charge is 2.21. The second-order valence-corrected chi connectivity index (χ2v) is 8.22. The molecule has 0 radical (unpaired) electrons. The van der Waals surface area contributed by atoms with Gasteiger partial charge in [0.2, 0.25) is 11.8 Å². The monoisotopic (exact) mass is 384 g/mol. The maximum absolute atomic E-state index is 11.6. The Labute approximate surface area is 165 Å². The Balaban J connectivity index is 2.05. The zero-order valence-electron chi connectivity index (χ0n) is 16.2. The van der Waals surface area contributed by atoms with Crippen LogP contribution in [-0.4, -0.2) is 24.0 Å². The summed E-state index contributed by atoms with van der Waals surface area (Å²) >= 11 is 6.14. The first-order valence-electron chi connectivity index (χ1n) is 9.11. The number of hydrogen-bond acceptors (Lipinski definition) is 3. The van der Waals surface area contributed by atoms with Gasteiger partial charge in [0, 0.05) is 18.0 Å². The van der Waals surface area contributed by atoms with Gasteiger partial charge in [-0.2, -0.15) is 0 Å². The first-order valence-corrected chi connectivity index (χ1v) is 9.49. The van der Waals surface area contributed by atoms with Crippen molar-refractivity contribution in [3.05, 3.63) is 64.3 Å². The predicted octanol–water partition coefficient (Wildman–Crippen LogP) is 4.75. The van der Waals surface area contributed by atoms with Crippen LogP contribution in [0.25, 0.3) is 5.57 Å². The number of nitrogens with zero attached hydrogens (tertiary/aromatic N) is 1. The van der Waals surface area contributed by atoms with E-state index in [1.165, 1.54) is 5.56 Å². The summed E-state index contributed by atoms with van der Waals surface area (Å²) in [4.78, 5) is 16.2. The average molecular weight is 385 g/mol. The fraction of sp³-hybridized carbons (Fsp3) is 0.364. The lowest BCUT2D eigenvalue weighted by atomic mass is 9.86. The summed E-state index contributed by atoms with van der Waals surface area (Å²) in [5, 5.41) is 3.47. The van der Waals surface area contributed by atoms with Gasteiger partial charge in [-0.3, -0.25) is 4.79 Å². The minimum Gasteiger partial charge on any atom is -0.480 e. The number of rotatable bonds is 4. The number of nitrogens with one attached hydrogen (secondary N) is 1. The van der Waals surface area contributed by atoms with Crippen LogP contribution in [0.2, 0.25) is 5.02 Å². The molecule has 1 aromatic heterocycles. The van der Waals surface area contributed by atoms with Gasteiger partial charge < -0.3 is 10.1 Å². The number of carbonyl (C=O) groups excluding carboxylic acids is 1. The smallest absolute Gasteiger partial charge is 0.232 e. The van der Waals surface area contributed by atoms with Gasteiger partial charge in [-0.1, -0.05) is 62.7 Å². The van der Waals surface area contributed by atoms with Crippen LogP contribution in [0.5, 0.6) is 5.88 Å². The summed E-state index contributed by atoms with van der Waals surface area (Å²) in [6.07, 6.45) is 3.41. The number of carbonyl (C=O) groups is 1. The molecular formula is C22H25ClN2O2. The molecule has 1 N–H and O–H groups in total. The van der Waals surface area contributed by atoms with Crippen LogP contribution in [-0.2, 0) is 10.2 Å². The standard InChI is InChI=1S/C22H25ClN2O2/c1-22(2,3)15-7-5-14(6-8-15)17(13-16-9-12-20(26)24-16)19-11-10-18(23)21(25-19)27-4/h5-8,10-11,13,16H,9,12H2,1-4H3,(H,24,26). The van der Waals surface area contributed by atoms with E-state index in [9.17, 15) is 4.79 Å². The lowest BCUT2D eigenvalue weighted by Crippen LogP contribution is -2.23. The SMILES string of the molecule is COc1nc(C(=CC2CCC(=O)N2)c2ccc(C(C)(C)C)cc2)ccc1Cl. The highest BCUT2D eigenvalue weighted by Crippen LogP contribution is 2.31. The largest absolute Gasteiger partial charge is 0.480 e. The summed E-state index contributed by atoms with van der Waals surface area (Å²) in [6.45, 7) is 6.58. The van der Waals surface area contributed by atoms with Crippen molar-refractivity contribution in [3.63, 3.8) is 0 Å². The van der Waals surface area contributed by atoms with Crippen LogP contribution in [0.1, 0.15) is 50.4 Å².